The van der Waals surface area contributed by atoms with E-state index < -0.39 is 18.2 Å². The summed E-state index contributed by atoms with van der Waals surface area (Å²) in [4.78, 5) is 21.0. The molecule has 53 heavy (non-hydrogen) atoms. The quantitative estimate of drug-likeness (QED) is 0.105. The Labute approximate surface area is 321 Å². The number of carbonyl (C=O) groups excluding carboxylic acids is 1. The lowest BCUT2D eigenvalue weighted by Crippen LogP contribution is -2.37. The van der Waals surface area contributed by atoms with Gasteiger partial charge in [-0.25, -0.2) is 14.6 Å². The van der Waals surface area contributed by atoms with Gasteiger partial charge in [0.15, 0.2) is 0 Å². The highest BCUT2D eigenvalue weighted by atomic mass is 32.2. The summed E-state index contributed by atoms with van der Waals surface area (Å²) in [5.41, 5.74) is 5.88. The molecule has 1 fully saturated rings. The van der Waals surface area contributed by atoms with Gasteiger partial charge in [-0.1, -0.05) is 63.9 Å². The lowest BCUT2D eigenvalue weighted by atomic mass is 9.94. The van der Waals surface area contributed by atoms with Gasteiger partial charge in [0.2, 0.25) is 12.3 Å². The fourth-order valence-corrected chi connectivity index (χ4v) is 6.11. The molecule has 0 spiro atoms. The Morgan fingerprint density at radius 2 is 1.66 bits per heavy atom. The van der Waals surface area contributed by atoms with E-state index >= 15 is 0 Å². The topological polar surface area (TPSA) is 111 Å². The van der Waals surface area contributed by atoms with Gasteiger partial charge in [0.05, 0.1) is 16.8 Å². The molecule has 9 nitrogen and oxygen atoms in total. The smallest absolute Gasteiger partial charge is 0.397 e. The molecule has 0 unspecified atom stereocenters. The first-order valence-corrected chi connectivity index (χ1v) is 19.3. The molecule has 1 aliphatic carbocycles. The minimum Gasteiger partial charge on any atom is -0.476 e. The number of ether oxygens (including phenoxy) is 1. The van der Waals surface area contributed by atoms with Crippen molar-refractivity contribution in [1.29, 1.82) is 0 Å². The number of halogens is 3. The zero-order chi connectivity index (χ0) is 38.6. The van der Waals surface area contributed by atoms with Crippen LogP contribution in [-0.2, 0) is 11.2 Å². The van der Waals surface area contributed by atoms with Crippen LogP contribution in [0.4, 0.5) is 24.8 Å². The number of fused-ring (bicyclic) bond motifs is 6. The molecule has 4 bridgehead atoms. The van der Waals surface area contributed by atoms with Crippen LogP contribution in [0.2, 0.25) is 0 Å². The number of aryl methyl sites for hydroxylation is 1. The third kappa shape index (κ3) is 13.2. The van der Waals surface area contributed by atoms with Crippen LogP contribution in [0.15, 0.2) is 71.9 Å². The molecule has 3 N–H and O–H groups in total. The summed E-state index contributed by atoms with van der Waals surface area (Å²) >= 11 is 5.48. The Morgan fingerprint density at radius 3 is 2.34 bits per heavy atom. The summed E-state index contributed by atoms with van der Waals surface area (Å²) < 4.78 is 50.7. The number of alkyl halides is 3. The second kappa shape index (κ2) is 18.9. The summed E-state index contributed by atoms with van der Waals surface area (Å²) in [5, 5.41) is 6.10. The third-order valence-electron chi connectivity index (χ3n) is 8.44. The van der Waals surface area contributed by atoms with Gasteiger partial charge in [0, 0.05) is 48.1 Å². The predicted octanol–water partition coefficient (Wildman–Crippen LogP) is 9.56. The second-order valence-corrected chi connectivity index (χ2v) is 16.6. The monoisotopic (exact) mass is 771 g/mol. The largest absolute Gasteiger partial charge is 0.476 e. The van der Waals surface area contributed by atoms with Gasteiger partial charge in [0.25, 0.3) is 0 Å². The van der Waals surface area contributed by atoms with Crippen molar-refractivity contribution in [2.45, 2.75) is 96.0 Å². The van der Waals surface area contributed by atoms with Crippen LogP contribution in [0, 0.1) is 10.8 Å². The standard InChI is InChI=1S/C35H43F3N6OS.C3H6S.CH3NO/c1-33(2,3)23-43-21-11-7-6-8-13-25-14-9-10-15-26(25)32-27(18-19-28(39-32)42-46-31-17-12-16-29(43)40-31)44-22-20-30(41-44)45-24-34(4,5)35(36,37)38;4-3-1-2-3;2-1-3/h9-10,12,14-20,22H,6-8,11,13,21,23-24H2,1-5H3,(H,39,42);3-4H,1-2H2;1H,(H2,2,3). The maximum absolute atomic E-state index is 13.4. The average Bonchev–Trinajstić information content (AvgIpc) is 3.74. The van der Waals surface area contributed by atoms with Crippen molar-refractivity contribution >= 4 is 42.6 Å². The molecule has 6 rings (SSSR count). The number of benzene rings is 1. The molecule has 1 aliphatic heterocycles. The summed E-state index contributed by atoms with van der Waals surface area (Å²) in [7, 11) is 0. The van der Waals surface area contributed by atoms with Crippen molar-refractivity contribution in [3.8, 4) is 22.8 Å². The first-order chi connectivity index (χ1) is 25.1. The van der Waals surface area contributed by atoms with Gasteiger partial charge in [-0.2, -0.15) is 25.8 Å². The fraction of sp³-hybridized carbons (Fsp3) is 0.487. The SMILES string of the molecule is CC(C)(C)CN1CCCCCCc2ccccc2-c2nc(ccc2-n2ccc(OCC(C)(C)C(F)(F)F)n2)NSc2cccc1n2.NC=O.SC1CC1. The normalized spacial score (nSPS) is 15.3. The van der Waals surface area contributed by atoms with Crippen molar-refractivity contribution in [1.82, 2.24) is 19.7 Å². The first-order valence-electron chi connectivity index (χ1n) is 17.9. The number of primary amides is 1. The Bertz CT molecular complexity index is 1760. The van der Waals surface area contributed by atoms with E-state index in [2.05, 4.69) is 72.1 Å². The second-order valence-electron chi connectivity index (χ2n) is 15.0. The van der Waals surface area contributed by atoms with Crippen LogP contribution in [0.1, 0.15) is 78.7 Å². The highest BCUT2D eigenvalue weighted by Crippen LogP contribution is 2.38. The summed E-state index contributed by atoms with van der Waals surface area (Å²) in [6.45, 7) is 10.3. The molecule has 1 aromatic carbocycles. The predicted molar refractivity (Wildman–Crippen MR) is 212 cm³/mol. The number of thiol groups is 1. The zero-order valence-corrected chi connectivity index (χ0v) is 32.9. The first kappa shape index (κ1) is 41.8. The molecular formula is C39H52F3N7O2S2. The van der Waals surface area contributed by atoms with E-state index in [4.69, 9.17) is 19.5 Å². The lowest BCUT2D eigenvalue weighted by Gasteiger charge is -2.31. The van der Waals surface area contributed by atoms with Gasteiger partial charge in [-0.3, -0.25) is 4.79 Å². The number of nitrogens with one attached hydrogen (secondary N) is 1. The number of anilines is 2. The maximum Gasteiger partial charge on any atom is 0.397 e. The Morgan fingerprint density at radius 1 is 0.962 bits per heavy atom. The Kier molecular flexibility index (Phi) is 14.9. The van der Waals surface area contributed by atoms with Crippen LogP contribution < -0.4 is 20.1 Å². The molecular weight excluding hydrogens is 720 g/mol. The molecule has 3 aromatic heterocycles. The summed E-state index contributed by atoms with van der Waals surface area (Å²) in [6, 6.07) is 19.7. The number of hydrogen-bond acceptors (Lipinski definition) is 9. The molecule has 0 atom stereocenters. The molecule has 4 heterocycles. The summed E-state index contributed by atoms with van der Waals surface area (Å²) in [6.07, 6.45) is 5.51. The highest BCUT2D eigenvalue weighted by Gasteiger charge is 2.48. The Hall–Kier alpha value is -3.91. The molecule has 2 aliphatic rings. The number of nitrogens with two attached hydrogens (primary N) is 1. The fourth-order valence-electron chi connectivity index (χ4n) is 5.35. The van der Waals surface area contributed by atoms with E-state index in [1.165, 1.54) is 30.4 Å². The van der Waals surface area contributed by atoms with Gasteiger partial charge in [-0.05, 0) is 81.2 Å². The minimum atomic E-state index is -4.39. The number of carbonyl (C=O) groups is 1. The van der Waals surface area contributed by atoms with E-state index in [0.29, 0.717) is 17.2 Å². The number of amides is 1. The van der Waals surface area contributed by atoms with Crippen LogP contribution in [-0.4, -0.2) is 57.3 Å². The third-order valence-corrected chi connectivity index (χ3v) is 9.70. The minimum absolute atomic E-state index is 0.117. The molecule has 14 heteroatoms. The lowest BCUT2D eigenvalue weighted by molar-refractivity contribution is -0.219. The number of nitrogens with zero attached hydrogens (tertiary/aromatic N) is 5. The number of pyridine rings is 2. The molecule has 0 radical (unpaired) electrons. The van der Waals surface area contributed by atoms with Gasteiger partial charge >= 0.3 is 6.18 Å². The highest BCUT2D eigenvalue weighted by molar-refractivity contribution is 8.00. The van der Waals surface area contributed by atoms with Crippen LogP contribution >= 0.6 is 24.6 Å². The number of hydrogen-bond donors (Lipinski definition) is 3. The molecule has 1 amide bonds. The Balaban J connectivity index is 0.000000814. The van der Waals surface area contributed by atoms with Crippen LogP contribution in [0.3, 0.4) is 0 Å². The van der Waals surface area contributed by atoms with E-state index in [9.17, 15) is 13.2 Å². The molecule has 0 saturated heterocycles. The van der Waals surface area contributed by atoms with E-state index in [-0.39, 0.29) is 17.7 Å². The van der Waals surface area contributed by atoms with Gasteiger partial charge in [0.1, 0.15) is 23.3 Å². The zero-order valence-electron chi connectivity index (χ0n) is 31.2. The average molecular weight is 772 g/mol. The summed E-state index contributed by atoms with van der Waals surface area (Å²) in [5.74, 6) is 1.74. The van der Waals surface area contributed by atoms with Crippen molar-refractivity contribution in [3.63, 3.8) is 0 Å². The van der Waals surface area contributed by atoms with Gasteiger partial charge < -0.3 is 20.1 Å². The van der Waals surface area contributed by atoms with E-state index in [0.717, 1.165) is 80.7 Å². The van der Waals surface area contributed by atoms with Crippen LogP contribution in [0.25, 0.3) is 16.9 Å². The van der Waals surface area contributed by atoms with Gasteiger partial charge in [-0.15, -0.1) is 5.10 Å². The van der Waals surface area contributed by atoms with Crippen molar-refractivity contribution in [2.24, 2.45) is 16.6 Å². The molecule has 4 aromatic rings. The number of aromatic nitrogens is 4. The molecule has 288 valence electrons. The van der Waals surface area contributed by atoms with E-state index in [1.807, 2.05) is 36.4 Å². The van der Waals surface area contributed by atoms with Crippen molar-refractivity contribution in [3.05, 3.63) is 72.4 Å². The maximum atomic E-state index is 13.4. The number of rotatable bonds is 5. The van der Waals surface area contributed by atoms with E-state index in [1.54, 1.807) is 16.9 Å². The molecule has 1 saturated carbocycles. The van der Waals surface area contributed by atoms with Crippen molar-refractivity contribution < 1.29 is 22.7 Å². The van der Waals surface area contributed by atoms with Crippen LogP contribution in [0.5, 0.6) is 5.88 Å². The van der Waals surface area contributed by atoms with Crippen molar-refractivity contribution in [2.75, 3.05) is 29.3 Å².